The topological polar surface area (TPSA) is 83.6 Å². The molecule has 1 amide bonds. The van der Waals surface area contributed by atoms with Crippen molar-refractivity contribution in [2.24, 2.45) is 0 Å². The molecule has 0 radical (unpaired) electrons. The molecule has 0 unspecified atom stereocenters. The van der Waals surface area contributed by atoms with Crippen LogP contribution in [0, 0.1) is 11.3 Å². The van der Waals surface area contributed by atoms with Gasteiger partial charge in [0.1, 0.15) is 11.1 Å². The predicted octanol–water partition coefficient (Wildman–Crippen LogP) is 5.15. The highest BCUT2D eigenvalue weighted by Crippen LogP contribution is 2.38. The summed E-state index contributed by atoms with van der Waals surface area (Å²) >= 11 is 4.46. The highest BCUT2D eigenvalue weighted by molar-refractivity contribution is 7.99. The van der Waals surface area contributed by atoms with Crippen LogP contribution in [0.25, 0.3) is 16.4 Å². The third-order valence-corrected chi connectivity index (χ3v) is 8.01. The molecule has 0 aliphatic heterocycles. The van der Waals surface area contributed by atoms with Crippen LogP contribution in [0.1, 0.15) is 22.4 Å². The number of thioether (sulfide) groups is 1. The monoisotopic (exact) mass is 463 g/mol. The Morgan fingerprint density at radius 2 is 2.06 bits per heavy atom. The maximum Gasteiger partial charge on any atom is 0.235 e. The summed E-state index contributed by atoms with van der Waals surface area (Å²) in [6.07, 6.45) is 3.00. The SMILES string of the molecule is N#Cc1c(NC(=O)CSc2nnc(-c3cccs3)n2-c2ccccc2)sc2c1CCC2. The first-order chi connectivity index (χ1) is 15.2. The van der Waals surface area contributed by atoms with E-state index >= 15 is 0 Å². The van der Waals surface area contributed by atoms with E-state index in [-0.39, 0.29) is 11.7 Å². The number of rotatable bonds is 6. The number of hydrogen-bond donors (Lipinski definition) is 1. The van der Waals surface area contributed by atoms with Crippen molar-refractivity contribution < 1.29 is 4.79 Å². The lowest BCUT2D eigenvalue weighted by Crippen LogP contribution is -2.14. The van der Waals surface area contributed by atoms with Crippen molar-refractivity contribution in [3.63, 3.8) is 0 Å². The molecule has 0 atom stereocenters. The number of nitriles is 1. The predicted molar refractivity (Wildman–Crippen MR) is 125 cm³/mol. The fraction of sp³-hybridized carbons (Fsp3) is 0.182. The maximum absolute atomic E-state index is 12.7. The highest BCUT2D eigenvalue weighted by Gasteiger charge is 2.23. The van der Waals surface area contributed by atoms with Crippen LogP contribution in [0.15, 0.2) is 53.0 Å². The molecule has 0 saturated heterocycles. The van der Waals surface area contributed by atoms with E-state index in [0.29, 0.717) is 15.7 Å². The van der Waals surface area contributed by atoms with Gasteiger partial charge in [-0.3, -0.25) is 9.36 Å². The molecule has 9 heteroatoms. The minimum atomic E-state index is -0.151. The smallest absolute Gasteiger partial charge is 0.235 e. The highest BCUT2D eigenvalue weighted by atomic mass is 32.2. The number of carbonyl (C=O) groups excluding carboxylic acids is 1. The van der Waals surface area contributed by atoms with Crippen LogP contribution >= 0.6 is 34.4 Å². The summed E-state index contributed by atoms with van der Waals surface area (Å²) in [7, 11) is 0. The number of aryl methyl sites for hydroxylation is 1. The molecule has 154 valence electrons. The van der Waals surface area contributed by atoms with Gasteiger partial charge in [-0.2, -0.15) is 5.26 Å². The second-order valence-electron chi connectivity index (χ2n) is 6.96. The Balaban J connectivity index is 1.36. The van der Waals surface area contributed by atoms with Gasteiger partial charge in [0.15, 0.2) is 11.0 Å². The van der Waals surface area contributed by atoms with Gasteiger partial charge < -0.3 is 5.32 Å². The van der Waals surface area contributed by atoms with Crippen molar-refractivity contribution in [1.82, 2.24) is 14.8 Å². The second-order valence-corrected chi connectivity index (χ2v) is 9.96. The number of carbonyl (C=O) groups is 1. The number of fused-ring (bicyclic) bond motifs is 1. The van der Waals surface area contributed by atoms with Gasteiger partial charge in [0.25, 0.3) is 0 Å². The van der Waals surface area contributed by atoms with E-state index in [4.69, 9.17) is 0 Å². The number of amides is 1. The van der Waals surface area contributed by atoms with Crippen molar-refractivity contribution in [2.75, 3.05) is 11.1 Å². The lowest BCUT2D eigenvalue weighted by molar-refractivity contribution is -0.113. The number of thiophene rings is 2. The van der Waals surface area contributed by atoms with Crippen molar-refractivity contribution in [1.29, 1.82) is 5.26 Å². The van der Waals surface area contributed by atoms with Crippen LogP contribution < -0.4 is 5.32 Å². The molecule has 1 aliphatic carbocycles. The molecule has 0 saturated carbocycles. The van der Waals surface area contributed by atoms with Crippen molar-refractivity contribution in [3.8, 4) is 22.5 Å². The lowest BCUT2D eigenvalue weighted by atomic mass is 10.1. The molecule has 1 N–H and O–H groups in total. The summed E-state index contributed by atoms with van der Waals surface area (Å²) in [4.78, 5) is 14.9. The summed E-state index contributed by atoms with van der Waals surface area (Å²) in [5, 5.41) is 24.5. The summed E-state index contributed by atoms with van der Waals surface area (Å²) in [6.45, 7) is 0. The van der Waals surface area contributed by atoms with Crippen molar-refractivity contribution in [3.05, 3.63) is 63.8 Å². The zero-order valence-corrected chi connectivity index (χ0v) is 18.8. The van der Waals surface area contributed by atoms with Gasteiger partial charge in [0.2, 0.25) is 5.91 Å². The third-order valence-electron chi connectivity index (χ3n) is 5.01. The Hall–Kier alpha value is -2.93. The fourth-order valence-electron chi connectivity index (χ4n) is 3.64. The Morgan fingerprint density at radius 3 is 2.84 bits per heavy atom. The first-order valence-electron chi connectivity index (χ1n) is 9.76. The molecule has 3 aromatic heterocycles. The minimum Gasteiger partial charge on any atom is -0.316 e. The average molecular weight is 464 g/mol. The van der Waals surface area contributed by atoms with E-state index in [9.17, 15) is 10.1 Å². The van der Waals surface area contributed by atoms with E-state index in [1.165, 1.54) is 28.0 Å². The molecule has 31 heavy (non-hydrogen) atoms. The minimum absolute atomic E-state index is 0.151. The maximum atomic E-state index is 12.7. The van der Waals surface area contributed by atoms with Gasteiger partial charge in [-0.1, -0.05) is 36.0 Å². The summed E-state index contributed by atoms with van der Waals surface area (Å²) < 4.78 is 1.98. The van der Waals surface area contributed by atoms with E-state index in [1.807, 2.05) is 52.4 Å². The molecule has 1 aliphatic rings. The van der Waals surface area contributed by atoms with Crippen LogP contribution in [-0.4, -0.2) is 26.4 Å². The van der Waals surface area contributed by atoms with Gasteiger partial charge in [-0.05, 0) is 48.4 Å². The number of aromatic nitrogens is 3. The molecule has 3 heterocycles. The summed E-state index contributed by atoms with van der Waals surface area (Å²) in [5.74, 6) is 0.787. The molecule has 1 aromatic carbocycles. The van der Waals surface area contributed by atoms with Crippen LogP contribution in [-0.2, 0) is 17.6 Å². The van der Waals surface area contributed by atoms with Gasteiger partial charge in [0.05, 0.1) is 16.2 Å². The molecule has 0 bridgehead atoms. The van der Waals surface area contributed by atoms with Crippen LogP contribution in [0.5, 0.6) is 0 Å². The molecular formula is C22H17N5OS3. The number of anilines is 1. The van der Waals surface area contributed by atoms with Gasteiger partial charge in [-0.15, -0.1) is 32.9 Å². The van der Waals surface area contributed by atoms with Crippen molar-refractivity contribution >= 4 is 45.3 Å². The van der Waals surface area contributed by atoms with E-state index < -0.39 is 0 Å². The fourth-order valence-corrected chi connectivity index (χ4v) is 6.35. The molecule has 6 nitrogen and oxygen atoms in total. The third kappa shape index (κ3) is 3.90. The number of hydrogen-bond acceptors (Lipinski definition) is 7. The Morgan fingerprint density at radius 1 is 1.19 bits per heavy atom. The quantitative estimate of drug-likeness (QED) is 0.400. The Labute approximate surface area is 191 Å². The number of benzene rings is 1. The number of nitrogens with one attached hydrogen (secondary N) is 1. The average Bonchev–Trinajstić information content (AvgIpc) is 3.56. The Bertz CT molecular complexity index is 1270. The molecule has 4 aromatic rings. The zero-order valence-electron chi connectivity index (χ0n) is 16.4. The van der Waals surface area contributed by atoms with Crippen LogP contribution in [0.3, 0.4) is 0 Å². The normalized spacial score (nSPS) is 12.5. The molecule has 0 spiro atoms. The van der Waals surface area contributed by atoms with E-state index in [2.05, 4.69) is 21.6 Å². The summed E-state index contributed by atoms with van der Waals surface area (Å²) in [6, 6.07) is 16.1. The summed E-state index contributed by atoms with van der Waals surface area (Å²) in [5.41, 5.74) is 2.68. The van der Waals surface area contributed by atoms with Crippen LogP contribution in [0.2, 0.25) is 0 Å². The van der Waals surface area contributed by atoms with E-state index in [0.717, 1.165) is 41.2 Å². The standard InChI is InChI=1S/C22H17N5OS3/c23-12-16-15-8-4-9-17(15)31-21(16)24-19(28)13-30-22-26-25-20(18-10-5-11-29-18)27(22)14-6-2-1-3-7-14/h1-3,5-7,10-11H,4,8-9,13H2,(H,24,28). The van der Waals surface area contributed by atoms with E-state index in [1.54, 1.807) is 11.3 Å². The lowest BCUT2D eigenvalue weighted by Gasteiger charge is -2.09. The molecular weight excluding hydrogens is 446 g/mol. The van der Waals surface area contributed by atoms with Crippen molar-refractivity contribution in [2.45, 2.75) is 24.4 Å². The first-order valence-corrected chi connectivity index (χ1v) is 12.4. The zero-order chi connectivity index (χ0) is 21.2. The van der Waals surface area contributed by atoms with Gasteiger partial charge in [0, 0.05) is 10.6 Å². The van der Waals surface area contributed by atoms with Crippen LogP contribution in [0.4, 0.5) is 5.00 Å². The Kier molecular flexibility index (Phi) is 5.59. The van der Waals surface area contributed by atoms with Gasteiger partial charge >= 0.3 is 0 Å². The first kappa shape index (κ1) is 20.0. The number of para-hydroxylation sites is 1. The molecule has 5 rings (SSSR count). The van der Waals surface area contributed by atoms with Gasteiger partial charge in [-0.25, -0.2) is 0 Å². The number of nitrogens with zero attached hydrogens (tertiary/aromatic N) is 4. The molecule has 0 fully saturated rings. The largest absolute Gasteiger partial charge is 0.316 e. The second kappa shape index (κ2) is 8.67.